The van der Waals surface area contributed by atoms with E-state index >= 15 is 0 Å². The Morgan fingerprint density at radius 2 is 2.05 bits per heavy atom. The van der Waals surface area contributed by atoms with E-state index in [1.165, 1.54) is 0 Å². The average molecular weight is 264 g/mol. The topological polar surface area (TPSA) is 75.4 Å². The predicted octanol–water partition coefficient (Wildman–Crippen LogP) is 2.79. The molecule has 0 radical (unpaired) electrons. The molecule has 0 bridgehead atoms. The number of anilines is 1. The number of hydrogen-bond donors (Lipinski definition) is 3. The Balaban J connectivity index is 2.52. The van der Waals surface area contributed by atoms with Gasteiger partial charge in [-0.3, -0.25) is 4.79 Å². The highest BCUT2D eigenvalue weighted by molar-refractivity contribution is 5.93. The summed E-state index contributed by atoms with van der Waals surface area (Å²) in [5.41, 5.74) is 6.91. The summed E-state index contributed by atoms with van der Waals surface area (Å²) in [5.74, 6) is -0.0112. The number of aromatic hydroxyl groups is 1. The molecular formula is C15H24N2O2. The van der Waals surface area contributed by atoms with E-state index in [0.29, 0.717) is 5.69 Å². The summed E-state index contributed by atoms with van der Waals surface area (Å²) in [5, 5.41) is 12.6. The number of carbonyl (C=O) groups is 1. The van der Waals surface area contributed by atoms with Crippen LogP contribution in [0.4, 0.5) is 5.69 Å². The summed E-state index contributed by atoms with van der Waals surface area (Å²) in [6.07, 6.45) is 2.67. The first-order valence-corrected chi connectivity index (χ1v) is 6.76. The Kier molecular flexibility index (Phi) is 5.83. The van der Waals surface area contributed by atoms with Crippen molar-refractivity contribution < 1.29 is 9.90 Å². The monoisotopic (exact) mass is 264 g/mol. The van der Waals surface area contributed by atoms with Gasteiger partial charge in [-0.1, -0.05) is 25.5 Å². The van der Waals surface area contributed by atoms with E-state index < -0.39 is 0 Å². The maximum atomic E-state index is 12.0. The van der Waals surface area contributed by atoms with Crippen LogP contribution in [0, 0.1) is 12.8 Å². The van der Waals surface area contributed by atoms with Crippen molar-refractivity contribution in [3.05, 3.63) is 23.8 Å². The molecular weight excluding hydrogens is 240 g/mol. The molecule has 0 aliphatic carbocycles. The van der Waals surface area contributed by atoms with Crippen LogP contribution >= 0.6 is 0 Å². The van der Waals surface area contributed by atoms with Gasteiger partial charge >= 0.3 is 0 Å². The maximum absolute atomic E-state index is 12.0. The molecule has 0 aromatic heterocycles. The number of nitrogens with two attached hydrogens (primary N) is 1. The van der Waals surface area contributed by atoms with E-state index in [1.54, 1.807) is 19.1 Å². The maximum Gasteiger partial charge on any atom is 0.227 e. The normalized spacial score (nSPS) is 13.9. The molecule has 0 aliphatic rings. The fourth-order valence-corrected chi connectivity index (χ4v) is 1.89. The average Bonchev–Trinajstić information content (AvgIpc) is 2.34. The number of aryl methyl sites for hydroxylation is 1. The summed E-state index contributed by atoms with van der Waals surface area (Å²) in [6.45, 7) is 5.66. The van der Waals surface area contributed by atoms with Crippen LogP contribution in [0.1, 0.15) is 38.7 Å². The highest BCUT2D eigenvalue weighted by atomic mass is 16.3. The van der Waals surface area contributed by atoms with Gasteiger partial charge in [0, 0.05) is 12.0 Å². The molecule has 1 aromatic carbocycles. The number of phenolic OH excluding ortho intramolecular Hbond substituents is 1. The Morgan fingerprint density at radius 1 is 1.37 bits per heavy atom. The van der Waals surface area contributed by atoms with Gasteiger partial charge in [0.2, 0.25) is 5.91 Å². The van der Waals surface area contributed by atoms with Gasteiger partial charge in [0.25, 0.3) is 0 Å². The molecule has 0 fully saturated rings. The Labute approximate surface area is 115 Å². The van der Waals surface area contributed by atoms with Crippen LogP contribution in [0.25, 0.3) is 0 Å². The molecule has 1 amide bonds. The molecule has 4 heteroatoms. The molecule has 0 spiro atoms. The fraction of sp³-hybridized carbons (Fsp3) is 0.533. The van der Waals surface area contributed by atoms with E-state index in [9.17, 15) is 9.90 Å². The largest absolute Gasteiger partial charge is 0.505 e. The Hall–Kier alpha value is -1.55. The zero-order valence-corrected chi connectivity index (χ0v) is 11.9. The molecule has 19 heavy (non-hydrogen) atoms. The second kappa shape index (κ2) is 7.14. The summed E-state index contributed by atoms with van der Waals surface area (Å²) in [4.78, 5) is 12.0. The van der Waals surface area contributed by atoms with Crippen LogP contribution in [0.15, 0.2) is 18.2 Å². The molecule has 0 saturated carbocycles. The second-order valence-electron chi connectivity index (χ2n) is 5.27. The fourth-order valence-electron chi connectivity index (χ4n) is 1.89. The van der Waals surface area contributed by atoms with Crippen molar-refractivity contribution in [3.63, 3.8) is 0 Å². The number of para-hydroxylation sites is 1. The van der Waals surface area contributed by atoms with Crippen LogP contribution in [0.3, 0.4) is 0 Å². The van der Waals surface area contributed by atoms with Crippen molar-refractivity contribution in [2.45, 2.75) is 46.1 Å². The molecule has 1 aromatic rings. The third-order valence-corrected chi connectivity index (χ3v) is 3.24. The zero-order chi connectivity index (χ0) is 14.4. The lowest BCUT2D eigenvalue weighted by atomic mass is 10.0. The Bertz CT molecular complexity index is 430. The molecule has 106 valence electrons. The highest BCUT2D eigenvalue weighted by Gasteiger charge is 2.15. The number of nitrogens with one attached hydrogen (secondary N) is 1. The standard InChI is InChI=1S/C15H24N2O2/c1-10-6-5-9-13(14(10)18)17-15(19)11(2)7-4-8-12(3)16/h5-6,9,11-12,18H,4,7-8,16H2,1-3H3,(H,17,19). The van der Waals surface area contributed by atoms with E-state index in [-0.39, 0.29) is 23.6 Å². The van der Waals surface area contributed by atoms with Gasteiger partial charge in [0.05, 0.1) is 5.69 Å². The van der Waals surface area contributed by atoms with Crippen LogP contribution < -0.4 is 11.1 Å². The summed E-state index contributed by atoms with van der Waals surface area (Å²) < 4.78 is 0. The van der Waals surface area contributed by atoms with Crippen LogP contribution in [-0.2, 0) is 4.79 Å². The molecule has 0 saturated heterocycles. The van der Waals surface area contributed by atoms with Crippen LogP contribution in [0.5, 0.6) is 5.75 Å². The number of benzene rings is 1. The molecule has 1 rings (SSSR count). The third-order valence-electron chi connectivity index (χ3n) is 3.24. The minimum atomic E-state index is -0.0846. The highest BCUT2D eigenvalue weighted by Crippen LogP contribution is 2.27. The second-order valence-corrected chi connectivity index (χ2v) is 5.27. The van der Waals surface area contributed by atoms with Crippen molar-refractivity contribution in [1.29, 1.82) is 0 Å². The number of phenols is 1. The molecule has 0 aliphatic heterocycles. The molecule has 4 nitrogen and oxygen atoms in total. The summed E-state index contributed by atoms with van der Waals surface area (Å²) >= 11 is 0. The number of rotatable bonds is 6. The molecule has 2 unspecified atom stereocenters. The van der Waals surface area contributed by atoms with Gasteiger partial charge in [0.1, 0.15) is 5.75 Å². The number of carbonyl (C=O) groups excluding carboxylic acids is 1. The van der Waals surface area contributed by atoms with Crippen molar-refractivity contribution in [2.75, 3.05) is 5.32 Å². The van der Waals surface area contributed by atoms with E-state index in [2.05, 4.69) is 5.32 Å². The smallest absolute Gasteiger partial charge is 0.227 e. The lowest BCUT2D eigenvalue weighted by molar-refractivity contribution is -0.119. The molecule has 0 heterocycles. The van der Waals surface area contributed by atoms with Crippen molar-refractivity contribution in [2.24, 2.45) is 11.7 Å². The van der Waals surface area contributed by atoms with Crippen molar-refractivity contribution in [3.8, 4) is 5.75 Å². The van der Waals surface area contributed by atoms with E-state index in [1.807, 2.05) is 19.9 Å². The lowest BCUT2D eigenvalue weighted by Crippen LogP contribution is -2.21. The minimum absolute atomic E-state index is 0.0643. The summed E-state index contributed by atoms with van der Waals surface area (Å²) in [6, 6.07) is 5.49. The minimum Gasteiger partial charge on any atom is -0.505 e. The van der Waals surface area contributed by atoms with Gasteiger partial charge in [0.15, 0.2) is 0 Å². The predicted molar refractivity (Wildman–Crippen MR) is 78.1 cm³/mol. The lowest BCUT2D eigenvalue weighted by Gasteiger charge is -2.14. The van der Waals surface area contributed by atoms with Crippen LogP contribution in [0.2, 0.25) is 0 Å². The van der Waals surface area contributed by atoms with Gasteiger partial charge in [-0.15, -0.1) is 0 Å². The van der Waals surface area contributed by atoms with Gasteiger partial charge in [-0.25, -0.2) is 0 Å². The van der Waals surface area contributed by atoms with E-state index in [0.717, 1.165) is 24.8 Å². The van der Waals surface area contributed by atoms with Crippen molar-refractivity contribution >= 4 is 11.6 Å². The van der Waals surface area contributed by atoms with Crippen molar-refractivity contribution in [1.82, 2.24) is 0 Å². The third kappa shape index (κ3) is 4.91. The SMILES string of the molecule is Cc1cccc(NC(=O)C(C)CCCC(C)N)c1O. The first kappa shape index (κ1) is 15.5. The Morgan fingerprint density at radius 3 is 2.68 bits per heavy atom. The number of amides is 1. The first-order chi connectivity index (χ1) is 8.91. The van der Waals surface area contributed by atoms with Crippen LogP contribution in [-0.4, -0.2) is 17.1 Å². The number of hydrogen-bond acceptors (Lipinski definition) is 3. The van der Waals surface area contributed by atoms with Gasteiger partial charge in [-0.2, -0.15) is 0 Å². The van der Waals surface area contributed by atoms with E-state index in [4.69, 9.17) is 5.73 Å². The molecule has 4 N–H and O–H groups in total. The quantitative estimate of drug-likeness (QED) is 0.691. The summed E-state index contributed by atoms with van der Waals surface area (Å²) in [7, 11) is 0. The van der Waals surface area contributed by atoms with Gasteiger partial charge < -0.3 is 16.2 Å². The zero-order valence-electron chi connectivity index (χ0n) is 11.9. The first-order valence-electron chi connectivity index (χ1n) is 6.76. The molecule has 2 atom stereocenters. The van der Waals surface area contributed by atoms with Gasteiger partial charge in [-0.05, 0) is 38.3 Å².